The average Bonchev–Trinajstić information content (AvgIpc) is 2.85. The van der Waals surface area contributed by atoms with E-state index >= 15 is 0 Å². The normalized spacial score (nSPS) is 18.7. The van der Waals surface area contributed by atoms with Gasteiger partial charge in [0.2, 0.25) is 0 Å². The molecule has 0 aliphatic carbocycles. The standard InChI is InChI=1S/C28H37N5/c1-21-7-9-22(10-8-21)20-29-28-19-27(25-5-3-4-6-26(25)31-28)33-17-13-24(14-18-33)30-23-11-15-32(2)16-12-23/h3-10,19,23-24,30H,11-18,20H2,1-2H3,(H,29,31). The number of aryl methyl sites for hydroxylation is 1. The minimum Gasteiger partial charge on any atom is -0.371 e. The van der Waals surface area contributed by atoms with Gasteiger partial charge in [-0.05, 0) is 64.4 Å². The molecule has 2 aliphatic heterocycles. The van der Waals surface area contributed by atoms with Crippen molar-refractivity contribution in [3.05, 3.63) is 65.7 Å². The summed E-state index contributed by atoms with van der Waals surface area (Å²) in [7, 11) is 2.23. The molecule has 2 aromatic carbocycles. The number of pyridine rings is 1. The van der Waals surface area contributed by atoms with Crippen molar-refractivity contribution >= 4 is 22.4 Å². The van der Waals surface area contributed by atoms with Crippen LogP contribution >= 0.6 is 0 Å². The Labute approximate surface area is 198 Å². The first kappa shape index (κ1) is 22.2. The predicted octanol–water partition coefficient (Wildman–Crippen LogP) is 4.81. The predicted molar refractivity (Wildman–Crippen MR) is 139 cm³/mol. The van der Waals surface area contributed by atoms with E-state index in [9.17, 15) is 0 Å². The van der Waals surface area contributed by atoms with Crippen LogP contribution in [-0.4, -0.2) is 55.2 Å². The fourth-order valence-corrected chi connectivity index (χ4v) is 5.20. The Morgan fingerprint density at radius 3 is 2.27 bits per heavy atom. The van der Waals surface area contributed by atoms with Crippen molar-refractivity contribution in [1.29, 1.82) is 0 Å². The average molecular weight is 444 g/mol. The van der Waals surface area contributed by atoms with Crippen molar-refractivity contribution in [2.75, 3.05) is 43.4 Å². The number of likely N-dealkylation sites (tertiary alicyclic amines) is 1. The quantitative estimate of drug-likeness (QED) is 0.572. The van der Waals surface area contributed by atoms with Gasteiger partial charge in [-0.25, -0.2) is 4.98 Å². The molecule has 3 heterocycles. The Morgan fingerprint density at radius 2 is 1.55 bits per heavy atom. The van der Waals surface area contributed by atoms with Crippen molar-refractivity contribution in [1.82, 2.24) is 15.2 Å². The maximum atomic E-state index is 4.91. The number of para-hydroxylation sites is 1. The SMILES string of the molecule is Cc1ccc(CNc2cc(N3CCC(NC4CCN(C)CC4)CC3)c3ccccc3n2)cc1. The molecule has 174 valence electrons. The summed E-state index contributed by atoms with van der Waals surface area (Å²) >= 11 is 0. The summed E-state index contributed by atoms with van der Waals surface area (Å²) in [4.78, 5) is 9.92. The van der Waals surface area contributed by atoms with Crippen LogP contribution in [0.3, 0.4) is 0 Å². The molecule has 5 heteroatoms. The van der Waals surface area contributed by atoms with E-state index in [4.69, 9.17) is 4.98 Å². The van der Waals surface area contributed by atoms with Crippen molar-refractivity contribution < 1.29 is 0 Å². The lowest BCUT2D eigenvalue weighted by molar-refractivity contribution is 0.217. The van der Waals surface area contributed by atoms with Crippen molar-refractivity contribution in [2.24, 2.45) is 0 Å². The molecule has 0 atom stereocenters. The molecule has 0 saturated carbocycles. The van der Waals surface area contributed by atoms with Gasteiger partial charge in [-0.1, -0.05) is 48.0 Å². The zero-order chi connectivity index (χ0) is 22.6. The second kappa shape index (κ2) is 10.1. The molecule has 2 aliphatic rings. The summed E-state index contributed by atoms with van der Waals surface area (Å²) in [6, 6.07) is 20.8. The topological polar surface area (TPSA) is 43.4 Å². The zero-order valence-corrected chi connectivity index (χ0v) is 20.1. The highest BCUT2D eigenvalue weighted by molar-refractivity contribution is 5.93. The summed E-state index contributed by atoms with van der Waals surface area (Å²) in [5.74, 6) is 0.954. The van der Waals surface area contributed by atoms with Crippen molar-refractivity contribution in [3.63, 3.8) is 0 Å². The molecule has 0 bridgehead atoms. The van der Waals surface area contributed by atoms with E-state index in [1.807, 2.05) is 0 Å². The molecule has 5 nitrogen and oxygen atoms in total. The Hall–Kier alpha value is -2.63. The van der Waals surface area contributed by atoms with Crippen LogP contribution in [0.1, 0.15) is 36.8 Å². The monoisotopic (exact) mass is 443 g/mol. The number of piperidine rings is 2. The third-order valence-electron chi connectivity index (χ3n) is 7.31. The number of aromatic nitrogens is 1. The van der Waals surface area contributed by atoms with Crippen molar-refractivity contribution in [3.8, 4) is 0 Å². The zero-order valence-electron chi connectivity index (χ0n) is 20.1. The van der Waals surface area contributed by atoms with Gasteiger partial charge in [-0.2, -0.15) is 0 Å². The first-order valence-corrected chi connectivity index (χ1v) is 12.5. The molecular formula is C28H37N5. The summed E-state index contributed by atoms with van der Waals surface area (Å²) in [6.07, 6.45) is 4.97. The van der Waals surface area contributed by atoms with Crippen molar-refractivity contribution in [2.45, 2.75) is 51.2 Å². The van der Waals surface area contributed by atoms with E-state index in [1.54, 1.807) is 0 Å². The Morgan fingerprint density at radius 1 is 0.879 bits per heavy atom. The fourth-order valence-electron chi connectivity index (χ4n) is 5.20. The third-order valence-corrected chi connectivity index (χ3v) is 7.31. The Kier molecular flexibility index (Phi) is 6.79. The van der Waals surface area contributed by atoms with E-state index < -0.39 is 0 Å². The fraction of sp³-hybridized carbons (Fsp3) is 0.464. The van der Waals surface area contributed by atoms with Gasteiger partial charge in [-0.15, -0.1) is 0 Å². The van der Waals surface area contributed by atoms with Crippen LogP contribution in [0, 0.1) is 6.92 Å². The molecule has 33 heavy (non-hydrogen) atoms. The lowest BCUT2D eigenvalue weighted by atomic mass is 9.99. The minimum atomic E-state index is 0.641. The maximum absolute atomic E-state index is 4.91. The summed E-state index contributed by atoms with van der Waals surface area (Å²) in [5.41, 5.74) is 4.94. The van der Waals surface area contributed by atoms with E-state index in [2.05, 4.69) is 89.0 Å². The number of anilines is 2. The number of rotatable bonds is 6. The third kappa shape index (κ3) is 5.48. The lowest BCUT2D eigenvalue weighted by Crippen LogP contribution is -2.49. The first-order valence-electron chi connectivity index (χ1n) is 12.5. The van der Waals surface area contributed by atoms with Gasteiger partial charge in [0.05, 0.1) is 5.52 Å². The van der Waals surface area contributed by atoms with E-state index in [0.717, 1.165) is 31.0 Å². The Bertz CT molecular complexity index is 1050. The molecule has 0 amide bonds. The number of nitrogens with one attached hydrogen (secondary N) is 2. The summed E-state index contributed by atoms with van der Waals surface area (Å²) in [5, 5.41) is 8.78. The Balaban J connectivity index is 1.26. The van der Waals surface area contributed by atoms with Crippen LogP contribution in [0.5, 0.6) is 0 Å². The van der Waals surface area contributed by atoms with E-state index in [-0.39, 0.29) is 0 Å². The maximum Gasteiger partial charge on any atom is 0.129 e. The molecule has 2 N–H and O–H groups in total. The van der Waals surface area contributed by atoms with Gasteiger partial charge in [-0.3, -0.25) is 0 Å². The van der Waals surface area contributed by atoms with Crippen LogP contribution in [0.4, 0.5) is 11.5 Å². The summed E-state index contributed by atoms with van der Waals surface area (Å²) < 4.78 is 0. The number of nitrogens with zero attached hydrogens (tertiary/aromatic N) is 3. The van der Waals surface area contributed by atoms with Gasteiger partial charge in [0.1, 0.15) is 5.82 Å². The molecule has 2 fully saturated rings. The van der Waals surface area contributed by atoms with Gasteiger partial charge in [0.25, 0.3) is 0 Å². The molecule has 2 saturated heterocycles. The molecule has 3 aromatic rings. The van der Waals surface area contributed by atoms with Gasteiger partial charge in [0.15, 0.2) is 0 Å². The number of fused-ring (bicyclic) bond motifs is 1. The van der Waals surface area contributed by atoms with Gasteiger partial charge < -0.3 is 20.4 Å². The second-order valence-electron chi connectivity index (χ2n) is 9.89. The molecule has 5 rings (SSSR count). The highest BCUT2D eigenvalue weighted by atomic mass is 15.2. The molecule has 1 aromatic heterocycles. The smallest absolute Gasteiger partial charge is 0.129 e. The van der Waals surface area contributed by atoms with Crippen LogP contribution in [-0.2, 0) is 6.54 Å². The van der Waals surface area contributed by atoms with Crippen LogP contribution in [0.15, 0.2) is 54.6 Å². The van der Waals surface area contributed by atoms with Gasteiger partial charge >= 0.3 is 0 Å². The molecule has 0 spiro atoms. The molecular weight excluding hydrogens is 406 g/mol. The van der Waals surface area contributed by atoms with Gasteiger partial charge in [0, 0.05) is 48.9 Å². The second-order valence-corrected chi connectivity index (χ2v) is 9.89. The molecule has 0 unspecified atom stereocenters. The minimum absolute atomic E-state index is 0.641. The van der Waals surface area contributed by atoms with Crippen LogP contribution in [0.25, 0.3) is 10.9 Å². The highest BCUT2D eigenvalue weighted by Crippen LogP contribution is 2.31. The molecule has 0 radical (unpaired) electrons. The van der Waals surface area contributed by atoms with Crippen LogP contribution in [0.2, 0.25) is 0 Å². The lowest BCUT2D eigenvalue weighted by Gasteiger charge is -2.38. The largest absolute Gasteiger partial charge is 0.371 e. The number of hydrogen-bond donors (Lipinski definition) is 2. The first-order chi connectivity index (χ1) is 16.1. The number of benzene rings is 2. The van der Waals surface area contributed by atoms with E-state index in [1.165, 1.54) is 61.0 Å². The van der Waals surface area contributed by atoms with Crippen LogP contribution < -0.4 is 15.5 Å². The van der Waals surface area contributed by atoms with E-state index in [0.29, 0.717) is 12.1 Å². The summed E-state index contributed by atoms with van der Waals surface area (Å²) in [6.45, 7) is 7.54. The number of hydrogen-bond acceptors (Lipinski definition) is 5. The highest BCUT2D eigenvalue weighted by Gasteiger charge is 2.25.